The Morgan fingerprint density at radius 2 is 2.19 bits per heavy atom. The van der Waals surface area contributed by atoms with Gasteiger partial charge in [-0.25, -0.2) is 4.99 Å². The molecule has 1 heterocycles. The predicted octanol–water partition coefficient (Wildman–Crippen LogP) is 1.91. The number of aryl methyl sites for hydroxylation is 1. The SMILES string of the molecule is CCNC(=NCc1ccnn1C)NCCCOC(C)C.I. The fourth-order valence-electron chi connectivity index (χ4n) is 1.66. The van der Waals surface area contributed by atoms with Crippen LogP contribution in [0.2, 0.25) is 0 Å². The Labute approximate surface area is 144 Å². The number of hydrogen-bond acceptors (Lipinski definition) is 3. The first kappa shape index (κ1) is 20.2. The molecule has 0 fully saturated rings. The van der Waals surface area contributed by atoms with Gasteiger partial charge in [-0.15, -0.1) is 24.0 Å². The fraction of sp³-hybridized carbons (Fsp3) is 0.714. The van der Waals surface area contributed by atoms with Crippen LogP contribution in [0.25, 0.3) is 0 Å². The van der Waals surface area contributed by atoms with Gasteiger partial charge in [-0.05, 0) is 33.3 Å². The highest BCUT2D eigenvalue weighted by molar-refractivity contribution is 14.0. The molecule has 1 aromatic rings. The first-order valence-corrected chi connectivity index (χ1v) is 7.24. The van der Waals surface area contributed by atoms with Crippen molar-refractivity contribution in [2.75, 3.05) is 19.7 Å². The molecular formula is C14H28IN5O. The van der Waals surface area contributed by atoms with Crippen molar-refractivity contribution in [1.82, 2.24) is 20.4 Å². The van der Waals surface area contributed by atoms with Gasteiger partial charge >= 0.3 is 0 Å². The number of aromatic nitrogens is 2. The van der Waals surface area contributed by atoms with E-state index in [1.54, 1.807) is 6.20 Å². The zero-order chi connectivity index (χ0) is 14.8. The lowest BCUT2D eigenvalue weighted by Gasteiger charge is -2.12. The summed E-state index contributed by atoms with van der Waals surface area (Å²) in [5, 5.41) is 10.7. The molecule has 0 amide bonds. The van der Waals surface area contributed by atoms with Crippen LogP contribution in [-0.4, -0.2) is 41.5 Å². The molecule has 0 aromatic carbocycles. The predicted molar refractivity (Wildman–Crippen MR) is 97.1 cm³/mol. The maximum Gasteiger partial charge on any atom is 0.191 e. The van der Waals surface area contributed by atoms with Gasteiger partial charge in [0, 0.05) is 32.9 Å². The molecule has 21 heavy (non-hydrogen) atoms. The lowest BCUT2D eigenvalue weighted by Crippen LogP contribution is -2.38. The summed E-state index contributed by atoms with van der Waals surface area (Å²) in [6.07, 6.45) is 3.05. The van der Waals surface area contributed by atoms with E-state index in [4.69, 9.17) is 4.74 Å². The Bertz CT molecular complexity index is 406. The number of guanidine groups is 1. The van der Waals surface area contributed by atoms with Crippen molar-refractivity contribution in [3.8, 4) is 0 Å². The van der Waals surface area contributed by atoms with Gasteiger partial charge < -0.3 is 15.4 Å². The highest BCUT2D eigenvalue weighted by Gasteiger charge is 2.00. The summed E-state index contributed by atoms with van der Waals surface area (Å²) >= 11 is 0. The van der Waals surface area contributed by atoms with Crippen LogP contribution in [0.4, 0.5) is 0 Å². The molecule has 0 spiro atoms. The molecule has 0 saturated carbocycles. The lowest BCUT2D eigenvalue weighted by atomic mass is 10.4. The van der Waals surface area contributed by atoms with Gasteiger partial charge in [-0.3, -0.25) is 4.68 Å². The Morgan fingerprint density at radius 1 is 1.43 bits per heavy atom. The zero-order valence-corrected chi connectivity index (χ0v) is 15.8. The lowest BCUT2D eigenvalue weighted by molar-refractivity contribution is 0.0776. The molecule has 1 aromatic heterocycles. The number of ether oxygens (including phenoxy) is 1. The van der Waals surface area contributed by atoms with Crippen LogP contribution in [0.1, 0.15) is 32.9 Å². The Hall–Kier alpha value is -0.830. The maximum atomic E-state index is 5.51. The van der Waals surface area contributed by atoms with Crippen molar-refractivity contribution in [1.29, 1.82) is 0 Å². The number of nitrogens with one attached hydrogen (secondary N) is 2. The van der Waals surface area contributed by atoms with Crippen LogP contribution in [0.15, 0.2) is 17.3 Å². The standard InChI is InChI=1S/C14H27N5O.HI/c1-5-15-14(16-8-6-10-20-12(2)3)17-11-13-7-9-18-19(13)4;/h7,9,12H,5-6,8,10-11H2,1-4H3,(H2,15,16,17);1H. The average Bonchev–Trinajstić information content (AvgIpc) is 2.80. The third-order valence-electron chi connectivity index (χ3n) is 2.73. The second-order valence-electron chi connectivity index (χ2n) is 4.84. The normalized spacial score (nSPS) is 11.4. The molecule has 0 radical (unpaired) electrons. The van der Waals surface area contributed by atoms with Crippen LogP contribution < -0.4 is 10.6 Å². The monoisotopic (exact) mass is 409 g/mol. The summed E-state index contributed by atoms with van der Waals surface area (Å²) in [4.78, 5) is 4.54. The van der Waals surface area contributed by atoms with Crippen molar-refractivity contribution in [2.45, 2.75) is 39.8 Å². The molecule has 0 aliphatic rings. The minimum atomic E-state index is 0. The van der Waals surface area contributed by atoms with Crippen LogP contribution >= 0.6 is 24.0 Å². The van der Waals surface area contributed by atoms with E-state index in [2.05, 4.69) is 27.6 Å². The summed E-state index contributed by atoms with van der Waals surface area (Å²) in [5.41, 5.74) is 1.09. The molecule has 2 N–H and O–H groups in total. The van der Waals surface area contributed by atoms with Crippen molar-refractivity contribution in [2.24, 2.45) is 12.0 Å². The van der Waals surface area contributed by atoms with Crippen molar-refractivity contribution < 1.29 is 4.74 Å². The first-order valence-electron chi connectivity index (χ1n) is 7.24. The molecule has 0 unspecified atom stereocenters. The quantitative estimate of drug-likeness (QED) is 0.298. The van der Waals surface area contributed by atoms with Gasteiger partial charge in [-0.1, -0.05) is 0 Å². The second kappa shape index (κ2) is 11.8. The minimum absolute atomic E-state index is 0. The molecule has 6 nitrogen and oxygen atoms in total. The van der Waals surface area contributed by atoms with E-state index in [9.17, 15) is 0 Å². The molecule has 0 aliphatic heterocycles. The topological polar surface area (TPSA) is 63.5 Å². The summed E-state index contributed by atoms with van der Waals surface area (Å²) in [7, 11) is 1.93. The molecule has 122 valence electrons. The number of halogens is 1. The van der Waals surface area contributed by atoms with Gasteiger partial charge in [0.15, 0.2) is 5.96 Å². The maximum absolute atomic E-state index is 5.51. The van der Waals surface area contributed by atoms with Gasteiger partial charge in [-0.2, -0.15) is 5.10 Å². The van der Waals surface area contributed by atoms with Crippen molar-refractivity contribution >= 4 is 29.9 Å². The average molecular weight is 409 g/mol. The first-order chi connectivity index (χ1) is 9.63. The summed E-state index contributed by atoms with van der Waals surface area (Å²) < 4.78 is 7.34. The van der Waals surface area contributed by atoms with E-state index in [1.165, 1.54) is 0 Å². The van der Waals surface area contributed by atoms with E-state index < -0.39 is 0 Å². The minimum Gasteiger partial charge on any atom is -0.379 e. The molecule has 0 atom stereocenters. The molecule has 1 rings (SSSR count). The van der Waals surface area contributed by atoms with Crippen molar-refractivity contribution in [3.63, 3.8) is 0 Å². The van der Waals surface area contributed by atoms with E-state index in [0.29, 0.717) is 12.6 Å². The largest absolute Gasteiger partial charge is 0.379 e. The zero-order valence-electron chi connectivity index (χ0n) is 13.4. The number of hydrogen-bond donors (Lipinski definition) is 2. The van der Waals surface area contributed by atoms with Crippen LogP contribution in [0.5, 0.6) is 0 Å². The van der Waals surface area contributed by atoms with Crippen LogP contribution in [0.3, 0.4) is 0 Å². The van der Waals surface area contributed by atoms with E-state index in [0.717, 1.165) is 37.8 Å². The summed E-state index contributed by atoms with van der Waals surface area (Å²) in [6, 6.07) is 1.98. The molecule has 0 bridgehead atoms. The van der Waals surface area contributed by atoms with Crippen LogP contribution in [-0.2, 0) is 18.3 Å². The third-order valence-corrected chi connectivity index (χ3v) is 2.73. The Morgan fingerprint density at radius 3 is 2.76 bits per heavy atom. The van der Waals surface area contributed by atoms with Crippen LogP contribution in [0, 0.1) is 0 Å². The van der Waals surface area contributed by atoms with Gasteiger partial charge in [0.2, 0.25) is 0 Å². The number of nitrogens with zero attached hydrogens (tertiary/aromatic N) is 3. The third kappa shape index (κ3) is 8.92. The van der Waals surface area contributed by atoms with E-state index in [-0.39, 0.29) is 24.0 Å². The molecular weight excluding hydrogens is 381 g/mol. The number of aliphatic imine (C=N–C) groups is 1. The summed E-state index contributed by atoms with van der Waals surface area (Å²) in [6.45, 7) is 9.24. The Kier molecular flexibility index (Phi) is 11.3. The van der Waals surface area contributed by atoms with Crippen molar-refractivity contribution in [3.05, 3.63) is 18.0 Å². The van der Waals surface area contributed by atoms with E-state index >= 15 is 0 Å². The molecule has 0 saturated heterocycles. The van der Waals surface area contributed by atoms with Gasteiger partial charge in [0.05, 0.1) is 18.3 Å². The fourth-order valence-corrected chi connectivity index (χ4v) is 1.66. The highest BCUT2D eigenvalue weighted by Crippen LogP contribution is 1.98. The Balaban J connectivity index is 0.00000400. The van der Waals surface area contributed by atoms with Gasteiger partial charge in [0.1, 0.15) is 0 Å². The molecule has 7 heteroatoms. The van der Waals surface area contributed by atoms with Gasteiger partial charge in [0.25, 0.3) is 0 Å². The summed E-state index contributed by atoms with van der Waals surface area (Å²) in [5.74, 6) is 0.832. The van der Waals surface area contributed by atoms with E-state index in [1.807, 2.05) is 31.6 Å². The second-order valence-corrected chi connectivity index (χ2v) is 4.84. The highest BCUT2D eigenvalue weighted by atomic mass is 127. The smallest absolute Gasteiger partial charge is 0.191 e. The number of rotatable bonds is 8. The molecule has 0 aliphatic carbocycles.